The third-order valence-corrected chi connectivity index (χ3v) is 5.81. The Kier molecular flexibility index (Phi) is 3.08. The number of nitrogens with zero attached hydrogens (tertiary/aromatic N) is 2. The number of aromatic nitrogens is 2. The fourth-order valence-electron chi connectivity index (χ4n) is 3.73. The summed E-state index contributed by atoms with van der Waals surface area (Å²) < 4.78 is 2.22. The Labute approximate surface area is 127 Å². The van der Waals surface area contributed by atoms with Gasteiger partial charge in [0.15, 0.2) is 0 Å². The number of rotatable bonds is 2. The van der Waals surface area contributed by atoms with Crippen molar-refractivity contribution in [3.05, 3.63) is 28.5 Å². The quantitative estimate of drug-likeness (QED) is 0.843. The highest BCUT2D eigenvalue weighted by molar-refractivity contribution is 9.10. The normalized spacial score (nSPS) is 30.8. The standard InChI is InChI=1S/C15H20BrN3O/c1-8-11-5-9(15(11,2)3)6-12(8)17-14(20)10-7-19(4)18-13(10)16/h7,9,11-12H,1,5-6H2,2-4H3,(H,17,20)/t9-,11+,12?/m1/s1. The summed E-state index contributed by atoms with van der Waals surface area (Å²) in [5.41, 5.74) is 2.12. The molecule has 3 atom stereocenters. The molecule has 1 N–H and O–H groups in total. The number of halogens is 1. The molecule has 5 heteroatoms. The fourth-order valence-corrected chi connectivity index (χ4v) is 4.26. The highest BCUT2D eigenvalue weighted by Gasteiger charge is 2.54. The van der Waals surface area contributed by atoms with Gasteiger partial charge >= 0.3 is 0 Å². The number of hydrogen-bond acceptors (Lipinski definition) is 2. The minimum absolute atomic E-state index is 0.0739. The molecule has 20 heavy (non-hydrogen) atoms. The smallest absolute Gasteiger partial charge is 0.256 e. The van der Waals surface area contributed by atoms with Crippen LogP contribution >= 0.6 is 15.9 Å². The Morgan fingerprint density at radius 3 is 2.75 bits per heavy atom. The van der Waals surface area contributed by atoms with Gasteiger partial charge in [0.2, 0.25) is 0 Å². The van der Waals surface area contributed by atoms with Crippen LogP contribution in [0.2, 0.25) is 0 Å². The molecule has 1 heterocycles. The molecule has 1 amide bonds. The number of aryl methyl sites for hydroxylation is 1. The molecular formula is C15H20BrN3O. The van der Waals surface area contributed by atoms with Gasteiger partial charge in [-0.3, -0.25) is 9.48 Å². The van der Waals surface area contributed by atoms with Crippen LogP contribution in [0, 0.1) is 17.3 Å². The Hall–Kier alpha value is -1.10. The van der Waals surface area contributed by atoms with Crippen LogP contribution in [0.1, 0.15) is 37.0 Å². The maximum Gasteiger partial charge on any atom is 0.256 e. The van der Waals surface area contributed by atoms with Crippen LogP contribution in [0.5, 0.6) is 0 Å². The molecule has 3 aliphatic carbocycles. The average Bonchev–Trinajstić information content (AvgIpc) is 2.70. The molecule has 1 aromatic rings. The van der Waals surface area contributed by atoms with Crippen molar-refractivity contribution in [2.45, 2.75) is 32.7 Å². The molecule has 2 bridgehead atoms. The van der Waals surface area contributed by atoms with E-state index in [9.17, 15) is 4.79 Å². The zero-order valence-electron chi connectivity index (χ0n) is 12.1. The topological polar surface area (TPSA) is 46.9 Å². The van der Waals surface area contributed by atoms with Gasteiger partial charge in [0.1, 0.15) is 4.60 Å². The Morgan fingerprint density at radius 2 is 2.25 bits per heavy atom. The highest BCUT2D eigenvalue weighted by Crippen LogP contribution is 2.60. The van der Waals surface area contributed by atoms with Crippen LogP contribution in [-0.2, 0) is 7.05 Å². The molecule has 3 saturated carbocycles. The zero-order chi connectivity index (χ0) is 14.7. The van der Waals surface area contributed by atoms with Gasteiger partial charge in [-0.15, -0.1) is 0 Å². The first-order chi connectivity index (χ1) is 9.30. The molecule has 0 spiro atoms. The molecule has 108 valence electrons. The van der Waals surface area contributed by atoms with Crippen LogP contribution < -0.4 is 5.32 Å². The Bertz CT molecular complexity index is 590. The van der Waals surface area contributed by atoms with E-state index in [0.717, 1.165) is 6.42 Å². The lowest BCUT2D eigenvalue weighted by Gasteiger charge is -2.60. The van der Waals surface area contributed by atoms with E-state index < -0.39 is 0 Å². The van der Waals surface area contributed by atoms with Gasteiger partial charge in [0.25, 0.3) is 5.91 Å². The van der Waals surface area contributed by atoms with E-state index in [2.05, 4.69) is 46.8 Å². The summed E-state index contributed by atoms with van der Waals surface area (Å²) in [6.07, 6.45) is 3.97. The predicted octanol–water partition coefficient (Wildman–Crippen LogP) is 2.90. The third kappa shape index (κ3) is 1.94. The number of carbonyl (C=O) groups excluding carboxylic acids is 1. The maximum absolute atomic E-state index is 12.3. The van der Waals surface area contributed by atoms with Crippen molar-refractivity contribution in [1.29, 1.82) is 0 Å². The summed E-state index contributed by atoms with van der Waals surface area (Å²) in [6, 6.07) is 0.103. The van der Waals surface area contributed by atoms with Gasteiger partial charge in [0, 0.05) is 13.2 Å². The second-order valence-corrected chi connectivity index (χ2v) is 7.40. The van der Waals surface area contributed by atoms with Crippen molar-refractivity contribution in [3.63, 3.8) is 0 Å². The molecule has 3 aliphatic rings. The molecule has 0 aliphatic heterocycles. The van der Waals surface area contributed by atoms with E-state index in [1.807, 2.05) is 0 Å². The molecule has 0 aromatic carbocycles. The zero-order valence-corrected chi connectivity index (χ0v) is 13.7. The first kappa shape index (κ1) is 13.9. The van der Waals surface area contributed by atoms with Crippen LogP contribution in [0.4, 0.5) is 0 Å². The summed E-state index contributed by atoms with van der Waals surface area (Å²) in [6.45, 7) is 8.86. The highest BCUT2D eigenvalue weighted by atomic mass is 79.9. The number of carbonyl (C=O) groups is 1. The summed E-state index contributed by atoms with van der Waals surface area (Å²) in [5.74, 6) is 1.17. The largest absolute Gasteiger partial charge is 0.345 e. The fraction of sp³-hybridized carbons (Fsp3) is 0.600. The lowest BCUT2D eigenvalue weighted by Crippen LogP contribution is -2.57. The van der Waals surface area contributed by atoms with E-state index in [1.165, 1.54) is 12.0 Å². The molecule has 1 aromatic heterocycles. The van der Waals surface area contributed by atoms with Crippen LogP contribution in [-0.4, -0.2) is 21.7 Å². The number of hydrogen-bond donors (Lipinski definition) is 1. The minimum Gasteiger partial charge on any atom is -0.345 e. The van der Waals surface area contributed by atoms with Crippen molar-refractivity contribution < 1.29 is 4.79 Å². The van der Waals surface area contributed by atoms with Crippen molar-refractivity contribution in [3.8, 4) is 0 Å². The molecule has 0 radical (unpaired) electrons. The van der Waals surface area contributed by atoms with Crippen LogP contribution in [0.3, 0.4) is 0 Å². The van der Waals surface area contributed by atoms with E-state index in [1.54, 1.807) is 17.9 Å². The lowest BCUT2D eigenvalue weighted by molar-refractivity contribution is -0.0374. The first-order valence-corrected chi connectivity index (χ1v) is 7.78. The Morgan fingerprint density at radius 1 is 1.55 bits per heavy atom. The number of nitrogens with one attached hydrogen (secondary N) is 1. The lowest BCUT2D eigenvalue weighted by atomic mass is 9.46. The Balaban J connectivity index is 1.72. The van der Waals surface area contributed by atoms with Gasteiger partial charge < -0.3 is 5.32 Å². The van der Waals surface area contributed by atoms with Crippen molar-refractivity contribution in [2.75, 3.05) is 0 Å². The van der Waals surface area contributed by atoms with Gasteiger partial charge in [-0.25, -0.2) is 0 Å². The summed E-state index contributed by atoms with van der Waals surface area (Å²) >= 11 is 3.32. The average molecular weight is 338 g/mol. The van der Waals surface area contributed by atoms with E-state index >= 15 is 0 Å². The SMILES string of the molecule is C=C1C(NC(=O)c2cn(C)nc2Br)C[C@H]2C[C@@H]1C2(C)C. The van der Waals surface area contributed by atoms with Gasteiger partial charge in [-0.1, -0.05) is 26.0 Å². The van der Waals surface area contributed by atoms with Gasteiger partial charge in [0.05, 0.1) is 11.6 Å². The van der Waals surface area contributed by atoms with Crippen molar-refractivity contribution >= 4 is 21.8 Å². The first-order valence-electron chi connectivity index (χ1n) is 6.99. The molecule has 4 nitrogen and oxygen atoms in total. The van der Waals surface area contributed by atoms with Crippen LogP contribution in [0.15, 0.2) is 23.0 Å². The van der Waals surface area contributed by atoms with Crippen molar-refractivity contribution in [1.82, 2.24) is 15.1 Å². The van der Waals surface area contributed by atoms with Gasteiger partial charge in [-0.2, -0.15) is 5.10 Å². The van der Waals surface area contributed by atoms with Crippen LogP contribution in [0.25, 0.3) is 0 Å². The summed E-state index contributed by atoms with van der Waals surface area (Å²) in [7, 11) is 1.80. The summed E-state index contributed by atoms with van der Waals surface area (Å²) in [5, 5.41) is 7.26. The maximum atomic E-state index is 12.3. The van der Waals surface area contributed by atoms with E-state index in [-0.39, 0.29) is 11.9 Å². The number of fused-ring (bicyclic) bond motifs is 2. The predicted molar refractivity (Wildman–Crippen MR) is 81.3 cm³/mol. The van der Waals surface area contributed by atoms with E-state index in [0.29, 0.717) is 27.4 Å². The molecular weight excluding hydrogens is 318 g/mol. The molecule has 0 saturated heterocycles. The van der Waals surface area contributed by atoms with Crippen molar-refractivity contribution in [2.24, 2.45) is 24.3 Å². The number of amides is 1. The molecule has 3 fully saturated rings. The second kappa shape index (κ2) is 4.45. The molecule has 4 rings (SSSR count). The molecule has 1 unspecified atom stereocenters. The third-order valence-electron chi connectivity index (χ3n) is 5.22. The van der Waals surface area contributed by atoms with E-state index in [4.69, 9.17) is 0 Å². The minimum atomic E-state index is -0.0739. The van der Waals surface area contributed by atoms with Gasteiger partial charge in [-0.05, 0) is 46.0 Å². The second-order valence-electron chi connectivity index (χ2n) is 6.65. The monoisotopic (exact) mass is 337 g/mol. The summed E-state index contributed by atoms with van der Waals surface area (Å²) in [4.78, 5) is 12.3.